The molecule has 6 nitrogen and oxygen atoms in total. The summed E-state index contributed by atoms with van der Waals surface area (Å²) in [5.41, 5.74) is 3.18. The number of nitrogens with zero attached hydrogens (tertiary/aromatic N) is 2. The molecule has 20 heavy (non-hydrogen) atoms. The highest BCUT2D eigenvalue weighted by Crippen LogP contribution is 2.24. The number of pyridine rings is 1. The zero-order chi connectivity index (χ0) is 14.2. The normalized spacial score (nSPS) is 16.6. The monoisotopic (exact) mass is 292 g/mol. The maximum Gasteiger partial charge on any atom is 0.243 e. The highest BCUT2D eigenvalue weighted by molar-refractivity contribution is 7.89. The summed E-state index contributed by atoms with van der Waals surface area (Å²) in [5.74, 6) is 5.86. The molecule has 3 rings (SSSR count). The SMILES string of the molecule is NNc1ccc2cc(S(=O)(=O)N3CCCC3)ccc2n1. The van der Waals surface area contributed by atoms with Gasteiger partial charge in [0.25, 0.3) is 0 Å². The summed E-state index contributed by atoms with van der Waals surface area (Å²) >= 11 is 0. The van der Waals surface area contributed by atoms with Crippen molar-refractivity contribution in [1.82, 2.24) is 9.29 Å². The summed E-state index contributed by atoms with van der Waals surface area (Å²) in [6.07, 6.45) is 1.86. The number of hydrazine groups is 1. The van der Waals surface area contributed by atoms with Crippen LogP contribution in [-0.2, 0) is 10.0 Å². The average molecular weight is 292 g/mol. The molecule has 1 aliphatic heterocycles. The first-order valence-corrected chi connectivity index (χ1v) is 7.93. The zero-order valence-electron chi connectivity index (χ0n) is 10.9. The van der Waals surface area contributed by atoms with Crippen LogP contribution in [0.1, 0.15) is 12.8 Å². The van der Waals surface area contributed by atoms with Gasteiger partial charge in [-0.15, -0.1) is 0 Å². The molecule has 2 aromatic rings. The van der Waals surface area contributed by atoms with Gasteiger partial charge < -0.3 is 5.43 Å². The second kappa shape index (κ2) is 5.01. The molecule has 0 amide bonds. The van der Waals surface area contributed by atoms with E-state index in [0.29, 0.717) is 29.3 Å². The Labute approximate surface area is 117 Å². The number of fused-ring (bicyclic) bond motifs is 1. The van der Waals surface area contributed by atoms with E-state index in [4.69, 9.17) is 5.84 Å². The van der Waals surface area contributed by atoms with Crippen LogP contribution in [0.2, 0.25) is 0 Å². The third kappa shape index (κ3) is 2.24. The molecule has 2 heterocycles. The van der Waals surface area contributed by atoms with Gasteiger partial charge in [0.1, 0.15) is 5.82 Å². The Bertz CT molecular complexity index is 739. The maximum absolute atomic E-state index is 12.5. The summed E-state index contributed by atoms with van der Waals surface area (Å²) in [4.78, 5) is 4.59. The van der Waals surface area contributed by atoms with Crippen LogP contribution in [0.4, 0.5) is 5.82 Å². The number of anilines is 1. The topological polar surface area (TPSA) is 88.3 Å². The minimum Gasteiger partial charge on any atom is -0.308 e. The van der Waals surface area contributed by atoms with E-state index in [1.807, 2.05) is 0 Å². The van der Waals surface area contributed by atoms with Crippen LogP contribution in [0.3, 0.4) is 0 Å². The van der Waals surface area contributed by atoms with Crippen LogP contribution in [0.25, 0.3) is 10.9 Å². The summed E-state index contributed by atoms with van der Waals surface area (Å²) in [5, 5.41) is 0.782. The number of sulfonamides is 1. The highest BCUT2D eigenvalue weighted by Gasteiger charge is 2.27. The number of nitrogen functional groups attached to an aromatic ring is 1. The van der Waals surface area contributed by atoms with Crippen molar-refractivity contribution in [2.24, 2.45) is 5.84 Å². The first kappa shape index (κ1) is 13.3. The van der Waals surface area contributed by atoms with Gasteiger partial charge in [0.15, 0.2) is 0 Å². The Morgan fingerprint density at radius 2 is 1.90 bits per heavy atom. The molecule has 0 spiro atoms. The first-order valence-electron chi connectivity index (χ1n) is 6.49. The lowest BCUT2D eigenvalue weighted by Crippen LogP contribution is -2.27. The molecule has 0 unspecified atom stereocenters. The van der Waals surface area contributed by atoms with E-state index in [9.17, 15) is 8.42 Å². The van der Waals surface area contributed by atoms with E-state index in [1.54, 1.807) is 30.3 Å². The molecule has 0 atom stereocenters. The summed E-state index contributed by atoms with van der Waals surface area (Å²) in [6.45, 7) is 1.21. The van der Waals surface area contributed by atoms with Gasteiger partial charge in [-0.05, 0) is 43.2 Å². The number of nitrogens with two attached hydrogens (primary N) is 1. The lowest BCUT2D eigenvalue weighted by atomic mass is 10.2. The Morgan fingerprint density at radius 3 is 2.60 bits per heavy atom. The number of aromatic nitrogens is 1. The van der Waals surface area contributed by atoms with Gasteiger partial charge in [-0.3, -0.25) is 0 Å². The standard InChI is InChI=1S/C13H16N4O2S/c14-16-13-6-3-10-9-11(4-5-12(10)15-13)20(18,19)17-7-1-2-8-17/h3-6,9H,1-2,7-8,14H2,(H,15,16). The van der Waals surface area contributed by atoms with Gasteiger partial charge >= 0.3 is 0 Å². The van der Waals surface area contributed by atoms with E-state index in [-0.39, 0.29) is 0 Å². The van der Waals surface area contributed by atoms with Crippen molar-refractivity contribution in [3.8, 4) is 0 Å². The Hall–Kier alpha value is -1.70. The van der Waals surface area contributed by atoms with E-state index in [0.717, 1.165) is 18.2 Å². The van der Waals surface area contributed by atoms with Crippen LogP contribution in [0, 0.1) is 0 Å². The van der Waals surface area contributed by atoms with Crippen LogP contribution in [0.5, 0.6) is 0 Å². The molecule has 0 aliphatic carbocycles. The number of benzene rings is 1. The Morgan fingerprint density at radius 1 is 1.15 bits per heavy atom. The van der Waals surface area contributed by atoms with Crippen LogP contribution in [-0.4, -0.2) is 30.8 Å². The highest BCUT2D eigenvalue weighted by atomic mass is 32.2. The fourth-order valence-corrected chi connectivity index (χ4v) is 3.98. The molecule has 1 aromatic carbocycles. The van der Waals surface area contributed by atoms with Crippen molar-refractivity contribution in [3.63, 3.8) is 0 Å². The van der Waals surface area contributed by atoms with E-state index in [2.05, 4.69) is 10.4 Å². The van der Waals surface area contributed by atoms with Crippen molar-refractivity contribution in [2.45, 2.75) is 17.7 Å². The second-order valence-corrected chi connectivity index (χ2v) is 6.74. The average Bonchev–Trinajstić information content (AvgIpc) is 3.01. The minimum absolute atomic E-state index is 0.321. The van der Waals surface area contributed by atoms with E-state index < -0.39 is 10.0 Å². The molecule has 0 radical (unpaired) electrons. The molecular weight excluding hydrogens is 276 g/mol. The third-order valence-electron chi connectivity index (χ3n) is 3.51. The van der Waals surface area contributed by atoms with Gasteiger partial charge in [-0.25, -0.2) is 19.2 Å². The van der Waals surface area contributed by atoms with Gasteiger partial charge in [0.2, 0.25) is 10.0 Å². The van der Waals surface area contributed by atoms with Crippen molar-refractivity contribution >= 4 is 26.7 Å². The third-order valence-corrected chi connectivity index (χ3v) is 5.41. The number of hydrogen-bond donors (Lipinski definition) is 2. The van der Waals surface area contributed by atoms with Gasteiger partial charge in [0.05, 0.1) is 10.4 Å². The fourth-order valence-electron chi connectivity index (χ4n) is 2.42. The molecule has 3 N–H and O–H groups in total. The molecule has 7 heteroatoms. The Kier molecular flexibility index (Phi) is 3.33. The minimum atomic E-state index is -3.38. The molecule has 1 aromatic heterocycles. The molecule has 0 bridgehead atoms. The summed E-state index contributed by atoms with van der Waals surface area (Å²) < 4.78 is 26.5. The first-order chi connectivity index (χ1) is 9.61. The Balaban J connectivity index is 2.04. The van der Waals surface area contributed by atoms with Crippen molar-refractivity contribution in [1.29, 1.82) is 0 Å². The van der Waals surface area contributed by atoms with Gasteiger partial charge in [-0.1, -0.05) is 0 Å². The summed E-state index contributed by atoms with van der Waals surface area (Å²) in [6, 6.07) is 8.49. The second-order valence-electron chi connectivity index (χ2n) is 4.81. The van der Waals surface area contributed by atoms with E-state index in [1.165, 1.54) is 4.31 Å². The number of rotatable bonds is 3. The molecule has 1 saturated heterocycles. The zero-order valence-corrected chi connectivity index (χ0v) is 11.7. The van der Waals surface area contributed by atoms with Crippen molar-refractivity contribution < 1.29 is 8.42 Å². The maximum atomic E-state index is 12.5. The summed E-state index contributed by atoms with van der Waals surface area (Å²) in [7, 11) is -3.38. The molecule has 1 aliphatic rings. The van der Waals surface area contributed by atoms with Gasteiger partial charge in [0, 0.05) is 18.5 Å². The van der Waals surface area contributed by atoms with Gasteiger partial charge in [-0.2, -0.15) is 4.31 Å². The van der Waals surface area contributed by atoms with Crippen molar-refractivity contribution in [2.75, 3.05) is 18.5 Å². The number of nitrogens with one attached hydrogen (secondary N) is 1. The quantitative estimate of drug-likeness (QED) is 0.657. The molecule has 0 saturated carbocycles. The van der Waals surface area contributed by atoms with Crippen molar-refractivity contribution in [3.05, 3.63) is 30.3 Å². The predicted octanol–water partition coefficient (Wildman–Crippen LogP) is 1.30. The largest absolute Gasteiger partial charge is 0.308 e. The smallest absolute Gasteiger partial charge is 0.243 e. The molecule has 106 valence electrons. The van der Waals surface area contributed by atoms with E-state index >= 15 is 0 Å². The van der Waals surface area contributed by atoms with Crippen LogP contribution >= 0.6 is 0 Å². The molecular formula is C13H16N4O2S. The van der Waals surface area contributed by atoms with Crippen LogP contribution < -0.4 is 11.3 Å². The lowest BCUT2D eigenvalue weighted by Gasteiger charge is -2.15. The molecule has 1 fully saturated rings. The number of hydrogen-bond acceptors (Lipinski definition) is 5. The van der Waals surface area contributed by atoms with Crippen LogP contribution in [0.15, 0.2) is 35.2 Å². The fraction of sp³-hybridized carbons (Fsp3) is 0.308. The lowest BCUT2D eigenvalue weighted by molar-refractivity contribution is 0.477. The predicted molar refractivity (Wildman–Crippen MR) is 77.5 cm³/mol.